The molecule has 2 amide bonds. The van der Waals surface area contributed by atoms with E-state index in [1.165, 1.54) is 19.1 Å². The highest BCUT2D eigenvalue weighted by atomic mass is 16.5. The summed E-state index contributed by atoms with van der Waals surface area (Å²) in [6, 6.07) is -0.620. The molecule has 3 N–H and O–H groups in total. The number of likely N-dealkylation sites (tertiary alicyclic amines) is 1. The number of piperidine rings is 1. The van der Waals surface area contributed by atoms with Crippen LogP contribution >= 0.6 is 0 Å². The average Bonchev–Trinajstić information content (AvgIpc) is 2.45. The molecule has 10 heteroatoms. The number of nitrogens with zero attached hydrogens (tertiary/aromatic N) is 2. The van der Waals surface area contributed by atoms with Crippen LogP contribution in [0.4, 0.5) is 4.79 Å². The molecule has 22 heavy (non-hydrogen) atoms. The monoisotopic (exact) mass is 318 g/mol. The van der Waals surface area contributed by atoms with E-state index in [4.69, 9.17) is 4.74 Å². The van der Waals surface area contributed by atoms with Crippen molar-refractivity contribution in [3.05, 3.63) is 0 Å². The van der Waals surface area contributed by atoms with Crippen LogP contribution < -0.4 is 0 Å². The molecule has 1 aliphatic heterocycles. The number of carboxylic acid groups (broad SMARTS) is 3. The number of carboxylic acids is 2. The second kappa shape index (κ2) is 6.60. The first-order valence-electron chi connectivity index (χ1n) is 6.40. The maximum Gasteiger partial charge on any atom is 0.408 e. The number of ether oxygens (including phenoxy) is 1. The summed E-state index contributed by atoms with van der Waals surface area (Å²) in [7, 11) is 2.76. The van der Waals surface area contributed by atoms with Crippen molar-refractivity contribution in [1.82, 2.24) is 9.80 Å². The van der Waals surface area contributed by atoms with Crippen LogP contribution in [0.15, 0.2) is 0 Å². The van der Waals surface area contributed by atoms with Crippen LogP contribution in [0, 0.1) is 0 Å². The number of carbonyl (C=O) groups is 4. The van der Waals surface area contributed by atoms with Crippen molar-refractivity contribution in [1.29, 1.82) is 0 Å². The minimum atomic E-state index is -2.53. The SMILES string of the molecule is COCC(=O)N(C)[C@H]1CCC(C(=O)O)(C(=O)O)N(C(=O)O)C1. The summed E-state index contributed by atoms with van der Waals surface area (Å²) in [5.41, 5.74) is -2.53. The lowest BCUT2D eigenvalue weighted by Crippen LogP contribution is -2.67. The summed E-state index contributed by atoms with van der Waals surface area (Å²) in [4.78, 5) is 47.4. The Morgan fingerprint density at radius 3 is 2.18 bits per heavy atom. The summed E-state index contributed by atoms with van der Waals surface area (Å²) >= 11 is 0. The Labute approximate surface area is 125 Å². The average molecular weight is 318 g/mol. The van der Waals surface area contributed by atoms with E-state index >= 15 is 0 Å². The zero-order chi connectivity index (χ0) is 17.1. The number of rotatable bonds is 5. The topological polar surface area (TPSA) is 145 Å². The normalized spacial score (nSPS) is 20.3. The minimum absolute atomic E-state index is 0.0499. The molecule has 0 spiro atoms. The second-order valence-electron chi connectivity index (χ2n) is 4.99. The van der Waals surface area contributed by atoms with Crippen LogP contribution in [0.25, 0.3) is 0 Å². The maximum atomic E-state index is 11.8. The van der Waals surface area contributed by atoms with Crippen LogP contribution in [0.2, 0.25) is 0 Å². The summed E-state index contributed by atoms with van der Waals surface area (Å²) in [6.07, 6.45) is -2.05. The predicted octanol–water partition coefficient (Wildman–Crippen LogP) is -0.858. The van der Waals surface area contributed by atoms with Gasteiger partial charge in [-0.2, -0.15) is 0 Å². The molecule has 124 valence electrons. The molecule has 1 aliphatic rings. The standard InChI is InChI=1S/C12H18N2O8/c1-13(8(15)6-22-2)7-3-4-12(9(16)17,10(18)19)14(5-7)11(20)21/h7H,3-6H2,1-2H3,(H,16,17)(H,18,19)(H,20,21)/t7-/m0/s1. The molecule has 0 radical (unpaired) electrons. The van der Waals surface area contributed by atoms with Crippen molar-refractivity contribution in [2.45, 2.75) is 24.4 Å². The molecule has 1 fully saturated rings. The van der Waals surface area contributed by atoms with Gasteiger partial charge in [-0.3, -0.25) is 9.69 Å². The van der Waals surface area contributed by atoms with E-state index in [-0.39, 0.29) is 13.0 Å². The van der Waals surface area contributed by atoms with Gasteiger partial charge in [0.2, 0.25) is 11.4 Å². The van der Waals surface area contributed by atoms with Crippen molar-refractivity contribution < 1.29 is 39.2 Å². The molecule has 0 aromatic rings. The number of hydrogen-bond acceptors (Lipinski definition) is 5. The second-order valence-corrected chi connectivity index (χ2v) is 4.99. The Morgan fingerprint density at radius 1 is 1.23 bits per heavy atom. The molecule has 1 heterocycles. The summed E-state index contributed by atoms with van der Waals surface area (Å²) in [5.74, 6) is -3.89. The van der Waals surface area contributed by atoms with Gasteiger partial charge in [0.05, 0.1) is 0 Å². The van der Waals surface area contributed by atoms with Crippen LogP contribution in [-0.2, 0) is 19.1 Å². The fraction of sp³-hybridized carbons (Fsp3) is 0.667. The van der Waals surface area contributed by atoms with Gasteiger partial charge in [-0.1, -0.05) is 0 Å². The number of hydrogen-bond donors (Lipinski definition) is 3. The van der Waals surface area contributed by atoms with Gasteiger partial charge in [0, 0.05) is 26.7 Å². The molecular weight excluding hydrogens is 300 g/mol. The van der Waals surface area contributed by atoms with Crippen molar-refractivity contribution >= 4 is 23.9 Å². The molecule has 10 nitrogen and oxygen atoms in total. The van der Waals surface area contributed by atoms with E-state index in [1.807, 2.05) is 0 Å². The first-order chi connectivity index (χ1) is 10.2. The highest BCUT2D eigenvalue weighted by Gasteiger charge is 2.57. The van der Waals surface area contributed by atoms with Gasteiger partial charge >= 0.3 is 18.0 Å². The van der Waals surface area contributed by atoms with Crippen molar-refractivity contribution in [3.8, 4) is 0 Å². The first-order valence-corrected chi connectivity index (χ1v) is 6.40. The number of aliphatic carboxylic acids is 2. The van der Waals surface area contributed by atoms with Crippen molar-refractivity contribution in [3.63, 3.8) is 0 Å². The van der Waals surface area contributed by atoms with Gasteiger partial charge in [-0.25, -0.2) is 14.4 Å². The van der Waals surface area contributed by atoms with E-state index in [0.29, 0.717) is 4.90 Å². The summed E-state index contributed by atoms with van der Waals surface area (Å²) < 4.78 is 4.70. The lowest BCUT2D eigenvalue weighted by Gasteiger charge is -2.44. The quantitative estimate of drug-likeness (QED) is 0.555. The molecular formula is C12H18N2O8. The van der Waals surface area contributed by atoms with E-state index in [9.17, 15) is 34.5 Å². The highest BCUT2D eigenvalue weighted by Crippen LogP contribution is 2.31. The maximum absolute atomic E-state index is 11.8. The van der Waals surface area contributed by atoms with Gasteiger partial charge in [-0.05, 0) is 12.8 Å². The molecule has 0 unspecified atom stereocenters. The Morgan fingerprint density at radius 2 is 1.77 bits per heavy atom. The van der Waals surface area contributed by atoms with E-state index in [0.717, 1.165) is 0 Å². The number of methoxy groups -OCH3 is 1. The lowest BCUT2D eigenvalue weighted by atomic mass is 9.84. The zero-order valence-electron chi connectivity index (χ0n) is 12.2. The predicted molar refractivity (Wildman–Crippen MR) is 70.4 cm³/mol. The molecule has 0 bridgehead atoms. The molecule has 0 aromatic heterocycles. The van der Waals surface area contributed by atoms with E-state index in [2.05, 4.69) is 0 Å². The summed E-state index contributed by atoms with van der Waals surface area (Å²) in [6.45, 7) is -0.608. The van der Waals surface area contributed by atoms with Crippen molar-refractivity contribution in [2.24, 2.45) is 0 Å². The summed E-state index contributed by atoms with van der Waals surface area (Å²) in [5, 5.41) is 27.6. The molecule has 0 aromatic carbocycles. The fourth-order valence-electron chi connectivity index (χ4n) is 2.49. The van der Waals surface area contributed by atoms with Crippen LogP contribution in [-0.4, -0.2) is 87.9 Å². The van der Waals surface area contributed by atoms with Gasteiger partial charge < -0.3 is 25.0 Å². The Hall–Kier alpha value is -2.36. The third kappa shape index (κ3) is 2.96. The third-order valence-corrected chi connectivity index (χ3v) is 3.84. The fourth-order valence-corrected chi connectivity index (χ4v) is 2.49. The first kappa shape index (κ1) is 17.7. The van der Waals surface area contributed by atoms with Gasteiger partial charge in [0.1, 0.15) is 6.61 Å². The number of amides is 2. The third-order valence-electron chi connectivity index (χ3n) is 3.84. The Kier molecular flexibility index (Phi) is 5.31. The van der Waals surface area contributed by atoms with Crippen LogP contribution in [0.5, 0.6) is 0 Å². The minimum Gasteiger partial charge on any atom is -0.479 e. The van der Waals surface area contributed by atoms with Gasteiger partial charge in [-0.15, -0.1) is 0 Å². The van der Waals surface area contributed by atoms with Crippen LogP contribution in [0.3, 0.4) is 0 Å². The van der Waals surface area contributed by atoms with Crippen LogP contribution in [0.1, 0.15) is 12.8 Å². The number of carbonyl (C=O) groups excluding carboxylic acids is 1. The lowest BCUT2D eigenvalue weighted by molar-refractivity contribution is -0.170. The molecule has 1 rings (SSSR count). The van der Waals surface area contributed by atoms with E-state index in [1.54, 1.807) is 0 Å². The van der Waals surface area contributed by atoms with Crippen molar-refractivity contribution in [2.75, 3.05) is 27.3 Å². The smallest absolute Gasteiger partial charge is 0.408 e. The molecule has 1 saturated heterocycles. The molecule has 0 saturated carbocycles. The number of likely N-dealkylation sites (N-methyl/N-ethyl adjacent to an activating group) is 1. The largest absolute Gasteiger partial charge is 0.479 e. The zero-order valence-corrected chi connectivity index (χ0v) is 12.2. The Balaban J connectivity index is 3.06. The molecule has 0 aliphatic carbocycles. The van der Waals surface area contributed by atoms with E-state index < -0.39 is 48.5 Å². The van der Waals surface area contributed by atoms with Gasteiger partial charge in [0.25, 0.3) is 0 Å². The highest BCUT2D eigenvalue weighted by molar-refractivity contribution is 6.05. The van der Waals surface area contributed by atoms with Gasteiger partial charge in [0.15, 0.2) is 0 Å². The Bertz CT molecular complexity index is 478. The molecule has 1 atom stereocenters.